The summed E-state index contributed by atoms with van der Waals surface area (Å²) >= 11 is 0. The van der Waals surface area contributed by atoms with E-state index in [2.05, 4.69) is 25.7 Å². The van der Waals surface area contributed by atoms with Crippen LogP contribution < -0.4 is 10.4 Å². The first-order chi connectivity index (χ1) is 9.65. The molecule has 10 heteroatoms. The summed E-state index contributed by atoms with van der Waals surface area (Å²) in [5.41, 5.74) is 0.614. The molecule has 0 aromatic carbocycles. The zero-order chi connectivity index (χ0) is 14.1. The van der Waals surface area contributed by atoms with E-state index in [1.165, 1.54) is 19.4 Å². The molecule has 0 aliphatic rings. The first-order valence-electron chi connectivity index (χ1n) is 5.79. The number of hydrogen-bond acceptors (Lipinski definition) is 6. The van der Waals surface area contributed by atoms with Crippen LogP contribution in [0.25, 0.3) is 5.69 Å². The molecular formula is C9H10N8O2. The molecule has 0 aliphatic carbocycles. The quantitative estimate of drug-likeness (QED) is 0.623. The van der Waals surface area contributed by atoms with E-state index in [1.807, 2.05) is 0 Å². The van der Waals surface area contributed by atoms with E-state index in [1.54, 1.807) is 6.07 Å². The largest absolute Gasteiger partial charge is 0.470 e. The Morgan fingerprint density at radius 1 is 1.53 bits per heavy atom. The topological polar surface area (TPSA) is 119 Å². The van der Waals surface area contributed by atoms with Crippen LogP contribution in [-0.4, -0.2) is 40.2 Å². The van der Waals surface area contributed by atoms with Crippen LogP contribution in [0.1, 0.15) is 5.69 Å². The Labute approximate surface area is 107 Å². The Kier molecular flexibility index (Phi) is 2.33. The second-order valence-corrected chi connectivity index (χ2v) is 3.69. The molecule has 0 bridgehead atoms. The Bertz CT molecular complexity index is 784. The smallest absolute Gasteiger partial charge is 0.368 e. The van der Waals surface area contributed by atoms with E-state index in [0.717, 1.165) is 14.5 Å². The van der Waals surface area contributed by atoms with Crippen molar-refractivity contribution < 1.29 is 6.15 Å². The first-order valence-corrected chi connectivity index (χ1v) is 5.34. The van der Waals surface area contributed by atoms with Crippen molar-refractivity contribution in [2.45, 2.75) is 6.61 Å². The fourth-order valence-electron chi connectivity index (χ4n) is 1.50. The number of hydrogen-bond donors (Lipinski definition) is 2. The van der Waals surface area contributed by atoms with Gasteiger partial charge >= 0.3 is 5.69 Å². The number of tetrazole rings is 1. The van der Waals surface area contributed by atoms with Crippen molar-refractivity contribution >= 4 is 0 Å². The average molecular weight is 264 g/mol. The van der Waals surface area contributed by atoms with Gasteiger partial charge in [-0.2, -0.15) is 14.5 Å². The molecule has 3 aromatic rings. The molecule has 98 valence electrons. The Balaban J connectivity index is 1.83. The molecule has 0 radical (unpaired) electrons. The van der Waals surface area contributed by atoms with Gasteiger partial charge in [-0.3, -0.25) is 10.2 Å². The average Bonchev–Trinajstić information content (AvgIpc) is 3.11. The summed E-state index contributed by atoms with van der Waals surface area (Å²) in [7, 11) is 1.50. The molecule has 0 saturated carbocycles. The van der Waals surface area contributed by atoms with Gasteiger partial charge in [0.2, 0.25) is 5.88 Å². The van der Waals surface area contributed by atoms with Crippen molar-refractivity contribution in [1.82, 2.24) is 40.2 Å². The fraction of sp³-hybridized carbons (Fsp3) is 0.222. The highest BCUT2D eigenvalue weighted by Gasteiger charge is 2.13. The third-order valence-corrected chi connectivity index (χ3v) is 2.45. The minimum absolute atomic E-state index is 0.107. The maximum Gasteiger partial charge on any atom is 0.368 e. The van der Waals surface area contributed by atoms with Crippen LogP contribution in [0.3, 0.4) is 0 Å². The van der Waals surface area contributed by atoms with Gasteiger partial charge < -0.3 is 4.74 Å². The number of rotatable bonds is 4. The zero-order valence-corrected chi connectivity index (χ0v) is 9.89. The number of H-pyrrole nitrogens is 2. The molecule has 0 aliphatic heterocycles. The molecule has 3 aromatic heterocycles. The number of aromatic nitrogens is 8. The minimum atomic E-state index is -0.386. The van der Waals surface area contributed by atoms with Crippen molar-refractivity contribution in [3.05, 3.63) is 34.6 Å². The summed E-state index contributed by atoms with van der Waals surface area (Å²) < 4.78 is 14.8. The van der Waals surface area contributed by atoms with Gasteiger partial charge in [-0.05, 0) is 10.4 Å². The van der Waals surface area contributed by atoms with E-state index < -0.39 is 0 Å². The minimum Gasteiger partial charge on any atom is -0.470 e. The van der Waals surface area contributed by atoms with Crippen LogP contribution in [0.5, 0.6) is 5.88 Å². The summed E-state index contributed by atoms with van der Waals surface area (Å²) in [5.74, 6) is 0.298. The molecule has 0 fully saturated rings. The van der Waals surface area contributed by atoms with Crippen LogP contribution in [0.4, 0.5) is 0 Å². The second-order valence-electron chi connectivity index (χ2n) is 3.69. The van der Waals surface area contributed by atoms with Crippen LogP contribution >= 0.6 is 0 Å². The number of aryl methyl sites for hydroxylation is 1. The van der Waals surface area contributed by atoms with Crippen LogP contribution in [0.2, 0.25) is 1.41 Å². The molecule has 0 unspecified atom stereocenters. The van der Waals surface area contributed by atoms with Crippen LogP contribution in [0, 0.1) is 0 Å². The monoisotopic (exact) mass is 264 g/mol. The number of ether oxygens (including phenoxy) is 1. The standard InChI is InChI=1S/C9H10N8O2/c1-16-9(18)17(15-14-16)7-4-11-12-6(7)5-19-8-2-3-10-13-8/h2-4H,5H2,1H3,(H,10,13)(H,11,12)/i/hT. The lowest BCUT2D eigenvalue weighted by molar-refractivity contribution is 0.288. The van der Waals surface area contributed by atoms with Crippen LogP contribution in [0.15, 0.2) is 23.3 Å². The van der Waals surface area contributed by atoms with E-state index in [9.17, 15) is 4.79 Å². The lowest BCUT2D eigenvalue weighted by atomic mass is 10.4. The lowest BCUT2D eigenvalue weighted by Crippen LogP contribution is -2.22. The fourth-order valence-corrected chi connectivity index (χ4v) is 1.50. The summed E-state index contributed by atoms with van der Waals surface area (Å²) in [6.45, 7) is 0.107. The van der Waals surface area contributed by atoms with Gasteiger partial charge in [-0.1, -0.05) is 0 Å². The number of nitrogens with one attached hydrogen (secondary N) is 2. The van der Waals surface area contributed by atoms with Gasteiger partial charge in [0.1, 0.15) is 12.3 Å². The third kappa shape index (κ3) is 1.99. The second kappa shape index (κ2) is 4.40. The SMILES string of the molecule is [3H]n1ccc(OCc2[nH]ncc2-n2nnn(C)c2=O)n1. The molecule has 0 atom stereocenters. The van der Waals surface area contributed by atoms with Crippen molar-refractivity contribution in [3.63, 3.8) is 0 Å². The summed E-state index contributed by atoms with van der Waals surface area (Å²) in [5, 5.41) is 18.6. The van der Waals surface area contributed by atoms with E-state index >= 15 is 0 Å². The van der Waals surface area contributed by atoms with Crippen molar-refractivity contribution in [1.29, 1.82) is 0 Å². The molecule has 2 N–H and O–H groups in total. The van der Waals surface area contributed by atoms with Gasteiger partial charge in [0.25, 0.3) is 0 Å². The summed E-state index contributed by atoms with van der Waals surface area (Å²) in [6.07, 6.45) is 2.90. The number of nitrogens with zero attached hydrogens (tertiary/aromatic N) is 6. The van der Waals surface area contributed by atoms with E-state index in [-0.39, 0.29) is 12.3 Å². The van der Waals surface area contributed by atoms with E-state index in [4.69, 9.17) is 6.15 Å². The maximum absolute atomic E-state index is 11.8. The van der Waals surface area contributed by atoms with Gasteiger partial charge in [0, 0.05) is 19.3 Å². The molecule has 10 nitrogen and oxygen atoms in total. The highest BCUT2D eigenvalue weighted by atomic mass is 16.5. The predicted molar refractivity (Wildman–Crippen MR) is 61.7 cm³/mol. The normalized spacial score (nSPS) is 11.5. The van der Waals surface area contributed by atoms with Crippen molar-refractivity contribution in [3.8, 4) is 11.6 Å². The van der Waals surface area contributed by atoms with Crippen LogP contribution in [-0.2, 0) is 13.7 Å². The van der Waals surface area contributed by atoms with E-state index in [0.29, 0.717) is 17.3 Å². The van der Waals surface area contributed by atoms with Gasteiger partial charge in [-0.25, -0.2) is 4.79 Å². The molecular weight excluding hydrogens is 252 g/mol. The Morgan fingerprint density at radius 2 is 2.42 bits per heavy atom. The Morgan fingerprint density at radius 3 is 3.11 bits per heavy atom. The summed E-state index contributed by atoms with van der Waals surface area (Å²) in [6, 6.07) is 1.55. The van der Waals surface area contributed by atoms with Gasteiger partial charge in [0.15, 0.2) is 1.41 Å². The third-order valence-electron chi connectivity index (χ3n) is 2.45. The molecule has 0 saturated heterocycles. The Hall–Kier alpha value is -2.91. The van der Waals surface area contributed by atoms with Gasteiger partial charge in [-0.15, -0.1) is 5.10 Å². The molecule has 0 amide bonds. The maximum atomic E-state index is 11.8. The van der Waals surface area contributed by atoms with Gasteiger partial charge in [0.05, 0.1) is 11.9 Å². The van der Waals surface area contributed by atoms with Crippen molar-refractivity contribution in [2.75, 3.05) is 0 Å². The summed E-state index contributed by atoms with van der Waals surface area (Å²) in [4.78, 5) is 11.8. The molecule has 3 heterocycles. The molecule has 0 spiro atoms. The molecule has 3 rings (SSSR count). The predicted octanol–water partition coefficient (Wildman–Crippen LogP) is -1.01. The number of aromatic amines is 2. The lowest BCUT2D eigenvalue weighted by Gasteiger charge is -2.02. The highest BCUT2D eigenvalue weighted by Crippen LogP contribution is 2.11. The molecule has 19 heavy (non-hydrogen) atoms. The highest BCUT2D eigenvalue weighted by molar-refractivity contribution is 5.32. The van der Waals surface area contributed by atoms with Crippen molar-refractivity contribution in [2.24, 2.45) is 7.05 Å². The first kappa shape index (κ1) is 10.1. The zero-order valence-electron chi connectivity index (χ0n) is 10.9.